The highest BCUT2D eigenvalue weighted by atomic mass is 32.1. The first-order valence-corrected chi connectivity index (χ1v) is 11.0. The Morgan fingerprint density at radius 1 is 0.885 bits per heavy atom. The van der Waals surface area contributed by atoms with Gasteiger partial charge >= 0.3 is 0 Å². The molecule has 1 aromatic carbocycles. The molecule has 0 aliphatic rings. The van der Waals surface area contributed by atoms with Crippen LogP contribution in [0.5, 0.6) is 0 Å². The molecule has 0 aliphatic heterocycles. The number of fused-ring (bicyclic) bond motifs is 1. The summed E-state index contributed by atoms with van der Waals surface area (Å²) >= 11 is 1.73. The number of rotatable bonds is 11. The highest BCUT2D eigenvalue weighted by Crippen LogP contribution is 2.23. The van der Waals surface area contributed by atoms with Crippen LogP contribution in [0, 0.1) is 6.92 Å². The van der Waals surface area contributed by atoms with Crippen molar-refractivity contribution < 1.29 is 0 Å². The summed E-state index contributed by atoms with van der Waals surface area (Å²) in [4.78, 5) is 5.75. The molecule has 0 saturated heterocycles. The summed E-state index contributed by atoms with van der Waals surface area (Å²) < 4.78 is 1.95. The zero-order valence-electron chi connectivity index (χ0n) is 16.2. The molecular weight excluding hydrogens is 338 g/mol. The second-order valence-electron chi connectivity index (χ2n) is 7.29. The van der Waals surface area contributed by atoms with E-state index in [1.807, 2.05) is 4.52 Å². The molecule has 0 N–H and O–H groups in total. The molecule has 0 atom stereocenters. The van der Waals surface area contributed by atoms with Gasteiger partial charge in [0.05, 0.1) is 11.9 Å². The normalized spacial score (nSPS) is 11.5. The Labute approximate surface area is 161 Å². The molecule has 3 aromatic rings. The van der Waals surface area contributed by atoms with Gasteiger partial charge in [0, 0.05) is 12.0 Å². The van der Waals surface area contributed by atoms with Crippen molar-refractivity contribution >= 4 is 16.3 Å². The molecule has 0 amide bonds. The molecule has 0 aliphatic carbocycles. The Balaban J connectivity index is 1.41. The van der Waals surface area contributed by atoms with Gasteiger partial charge in [-0.15, -0.1) is 0 Å². The van der Waals surface area contributed by atoms with Crippen molar-refractivity contribution in [3.05, 3.63) is 41.0 Å². The van der Waals surface area contributed by atoms with E-state index in [9.17, 15) is 0 Å². The molecule has 26 heavy (non-hydrogen) atoms. The number of aryl methyl sites for hydroxylation is 2. The maximum Gasteiger partial charge on any atom is 0.212 e. The summed E-state index contributed by atoms with van der Waals surface area (Å²) in [5.41, 5.74) is 3.45. The number of hydrogen-bond donors (Lipinski definition) is 0. The van der Waals surface area contributed by atoms with Gasteiger partial charge in [-0.3, -0.25) is 0 Å². The summed E-state index contributed by atoms with van der Waals surface area (Å²) in [6.07, 6.45) is 15.5. The fourth-order valence-electron chi connectivity index (χ4n) is 3.29. The van der Waals surface area contributed by atoms with Crippen LogP contribution >= 0.6 is 11.3 Å². The summed E-state index contributed by atoms with van der Waals surface area (Å²) in [6.45, 7) is 4.38. The lowest BCUT2D eigenvalue weighted by Crippen LogP contribution is -1.88. The number of benzene rings is 1. The van der Waals surface area contributed by atoms with Crippen LogP contribution in [0.25, 0.3) is 16.2 Å². The van der Waals surface area contributed by atoms with E-state index in [0.29, 0.717) is 0 Å². The number of imidazole rings is 1. The van der Waals surface area contributed by atoms with E-state index in [4.69, 9.17) is 10.1 Å². The molecule has 0 bridgehead atoms. The summed E-state index contributed by atoms with van der Waals surface area (Å²) in [5.74, 6) is 0. The first-order valence-electron chi connectivity index (χ1n) is 10.2. The minimum Gasteiger partial charge on any atom is -0.217 e. The van der Waals surface area contributed by atoms with Gasteiger partial charge in [0.2, 0.25) is 4.96 Å². The van der Waals surface area contributed by atoms with Crippen molar-refractivity contribution in [1.29, 1.82) is 0 Å². The Bertz CT molecular complexity index is 754. The summed E-state index contributed by atoms with van der Waals surface area (Å²) in [7, 11) is 0. The van der Waals surface area contributed by atoms with Gasteiger partial charge < -0.3 is 0 Å². The second-order valence-corrected chi connectivity index (χ2v) is 8.33. The third-order valence-electron chi connectivity index (χ3n) is 4.93. The molecular formula is C22H31N3S. The van der Waals surface area contributed by atoms with E-state index >= 15 is 0 Å². The van der Waals surface area contributed by atoms with Crippen LogP contribution < -0.4 is 0 Å². The van der Waals surface area contributed by atoms with Gasteiger partial charge in [0.25, 0.3) is 0 Å². The van der Waals surface area contributed by atoms with Crippen molar-refractivity contribution in [3.8, 4) is 11.3 Å². The standard InChI is InChI=1S/C22H31N3S/c1-3-4-5-6-7-8-9-10-11-12-21-24-25-17-20(23-22(25)26-21)19-15-13-18(2)14-16-19/h13-17H,3-12H2,1-2H3. The highest BCUT2D eigenvalue weighted by Gasteiger charge is 2.09. The number of aromatic nitrogens is 3. The van der Waals surface area contributed by atoms with E-state index in [1.54, 1.807) is 11.3 Å². The van der Waals surface area contributed by atoms with Crippen LogP contribution in [0.4, 0.5) is 0 Å². The molecule has 0 fully saturated rings. The minimum atomic E-state index is 1.01. The average molecular weight is 370 g/mol. The predicted molar refractivity (Wildman–Crippen MR) is 112 cm³/mol. The summed E-state index contributed by atoms with van der Waals surface area (Å²) in [6, 6.07) is 8.52. The number of nitrogens with zero attached hydrogens (tertiary/aromatic N) is 3. The van der Waals surface area contributed by atoms with E-state index in [-0.39, 0.29) is 0 Å². The lowest BCUT2D eigenvalue weighted by atomic mass is 10.1. The molecule has 3 rings (SSSR count). The molecule has 140 valence electrons. The van der Waals surface area contributed by atoms with Gasteiger partial charge in [0.15, 0.2) is 0 Å². The summed E-state index contributed by atoms with van der Waals surface area (Å²) in [5, 5.41) is 5.93. The third kappa shape index (κ3) is 5.41. The molecule has 0 spiro atoms. The Hall–Kier alpha value is -1.68. The monoisotopic (exact) mass is 369 g/mol. The fourth-order valence-corrected chi connectivity index (χ4v) is 4.21. The third-order valence-corrected chi connectivity index (χ3v) is 5.91. The van der Waals surface area contributed by atoms with Gasteiger partial charge in [-0.1, -0.05) is 99.5 Å². The van der Waals surface area contributed by atoms with Gasteiger partial charge in [-0.2, -0.15) is 5.10 Å². The van der Waals surface area contributed by atoms with Gasteiger partial charge in [-0.25, -0.2) is 9.50 Å². The van der Waals surface area contributed by atoms with Crippen molar-refractivity contribution in [2.75, 3.05) is 0 Å². The molecule has 2 aromatic heterocycles. The maximum atomic E-state index is 4.75. The predicted octanol–water partition coefficient (Wildman–Crippen LogP) is 6.84. The zero-order chi connectivity index (χ0) is 18.2. The molecule has 4 heteroatoms. The Kier molecular flexibility index (Phi) is 7.24. The molecule has 2 heterocycles. The Morgan fingerprint density at radius 3 is 2.19 bits per heavy atom. The van der Waals surface area contributed by atoms with Crippen LogP contribution in [0.15, 0.2) is 30.5 Å². The Morgan fingerprint density at radius 2 is 1.54 bits per heavy atom. The van der Waals surface area contributed by atoms with Gasteiger partial charge in [-0.05, 0) is 13.3 Å². The first kappa shape index (κ1) is 19.1. The van der Waals surface area contributed by atoms with Crippen LogP contribution in [0.3, 0.4) is 0 Å². The van der Waals surface area contributed by atoms with Crippen molar-refractivity contribution in [2.45, 2.75) is 78.1 Å². The molecule has 0 radical (unpaired) electrons. The average Bonchev–Trinajstić information content (AvgIpc) is 3.19. The topological polar surface area (TPSA) is 30.2 Å². The maximum absolute atomic E-state index is 4.75. The largest absolute Gasteiger partial charge is 0.217 e. The highest BCUT2D eigenvalue weighted by molar-refractivity contribution is 7.16. The lowest BCUT2D eigenvalue weighted by Gasteiger charge is -2.01. The molecule has 3 nitrogen and oxygen atoms in total. The van der Waals surface area contributed by atoms with Crippen molar-refractivity contribution in [2.24, 2.45) is 0 Å². The van der Waals surface area contributed by atoms with E-state index in [2.05, 4.69) is 44.3 Å². The lowest BCUT2D eigenvalue weighted by molar-refractivity contribution is 0.564. The van der Waals surface area contributed by atoms with E-state index in [1.165, 1.54) is 68.4 Å². The van der Waals surface area contributed by atoms with Crippen molar-refractivity contribution in [1.82, 2.24) is 14.6 Å². The fraction of sp³-hybridized carbons (Fsp3) is 0.545. The van der Waals surface area contributed by atoms with Crippen LogP contribution in [0.2, 0.25) is 0 Å². The second kappa shape index (κ2) is 9.86. The molecule has 0 saturated carbocycles. The molecule has 0 unspecified atom stereocenters. The van der Waals surface area contributed by atoms with E-state index < -0.39 is 0 Å². The first-order chi connectivity index (χ1) is 12.8. The van der Waals surface area contributed by atoms with Crippen LogP contribution in [-0.4, -0.2) is 14.6 Å². The zero-order valence-corrected chi connectivity index (χ0v) is 17.0. The number of hydrogen-bond acceptors (Lipinski definition) is 3. The van der Waals surface area contributed by atoms with Crippen LogP contribution in [-0.2, 0) is 6.42 Å². The quantitative estimate of drug-likeness (QED) is 0.346. The van der Waals surface area contributed by atoms with Gasteiger partial charge in [0.1, 0.15) is 5.01 Å². The minimum absolute atomic E-state index is 1.01. The van der Waals surface area contributed by atoms with Crippen molar-refractivity contribution in [3.63, 3.8) is 0 Å². The van der Waals surface area contributed by atoms with Crippen LogP contribution in [0.1, 0.15) is 75.3 Å². The van der Waals surface area contributed by atoms with E-state index in [0.717, 1.165) is 22.6 Å². The number of unbranched alkanes of at least 4 members (excludes halogenated alkanes) is 8. The SMILES string of the molecule is CCCCCCCCCCCc1nn2cc(-c3ccc(C)cc3)nc2s1. The smallest absolute Gasteiger partial charge is 0.212 e.